The summed E-state index contributed by atoms with van der Waals surface area (Å²) in [7, 11) is 0. The van der Waals surface area contributed by atoms with E-state index < -0.39 is 4.75 Å². The van der Waals surface area contributed by atoms with Crippen molar-refractivity contribution in [3.8, 4) is 6.07 Å². The summed E-state index contributed by atoms with van der Waals surface area (Å²) in [5.41, 5.74) is 2.13. The number of carbonyl (C=O) groups is 1. The third-order valence-electron chi connectivity index (χ3n) is 3.75. The van der Waals surface area contributed by atoms with E-state index in [0.29, 0.717) is 32.9 Å². The highest BCUT2D eigenvalue weighted by Crippen LogP contribution is 2.36. The van der Waals surface area contributed by atoms with Gasteiger partial charge in [-0.1, -0.05) is 47.1 Å². The lowest BCUT2D eigenvalue weighted by Gasteiger charge is -2.18. The van der Waals surface area contributed by atoms with Crippen LogP contribution in [0.4, 0.5) is 5.69 Å². The standard InChI is InChI=1S/C18H13Cl2N3OS/c1-18(9-11-3-2-4-12(7-11)10-21)16(24)23-17(25-18)22-13-5-6-14(19)15(20)8-13/h2-8H,9H2,1H3,(H,22,23,24). The first-order valence-corrected chi connectivity index (χ1v) is 9.00. The van der Waals surface area contributed by atoms with Crippen molar-refractivity contribution in [3.05, 3.63) is 63.6 Å². The van der Waals surface area contributed by atoms with Gasteiger partial charge in [0.15, 0.2) is 5.17 Å². The Bertz CT molecular complexity index is 923. The maximum Gasteiger partial charge on any atom is 0.242 e. The number of nitriles is 1. The van der Waals surface area contributed by atoms with Crippen molar-refractivity contribution in [2.75, 3.05) is 0 Å². The number of nitrogens with one attached hydrogen (secondary N) is 1. The van der Waals surface area contributed by atoms with Gasteiger partial charge < -0.3 is 5.32 Å². The van der Waals surface area contributed by atoms with Crippen LogP contribution in [0.1, 0.15) is 18.1 Å². The van der Waals surface area contributed by atoms with E-state index in [2.05, 4.69) is 16.4 Å². The summed E-state index contributed by atoms with van der Waals surface area (Å²) in [6.45, 7) is 1.86. The van der Waals surface area contributed by atoms with Crippen molar-refractivity contribution in [1.29, 1.82) is 5.26 Å². The smallest absolute Gasteiger partial charge is 0.242 e. The predicted molar refractivity (Wildman–Crippen MR) is 103 cm³/mol. The summed E-state index contributed by atoms with van der Waals surface area (Å²) in [6, 6.07) is 14.4. The molecule has 7 heteroatoms. The average Bonchev–Trinajstić information content (AvgIpc) is 2.84. The molecule has 0 radical (unpaired) electrons. The molecule has 126 valence electrons. The summed E-state index contributed by atoms with van der Waals surface area (Å²) in [5.74, 6) is -0.112. The Labute approximate surface area is 159 Å². The Kier molecular flexibility index (Phi) is 5.05. The molecule has 1 saturated heterocycles. The maximum absolute atomic E-state index is 12.5. The molecule has 0 aromatic heterocycles. The van der Waals surface area contributed by atoms with Crippen molar-refractivity contribution in [2.45, 2.75) is 18.1 Å². The van der Waals surface area contributed by atoms with E-state index in [1.54, 1.807) is 30.3 Å². The molecule has 0 saturated carbocycles. The molecule has 1 amide bonds. The number of rotatable bonds is 3. The molecule has 0 bridgehead atoms. The Morgan fingerprint density at radius 1 is 1.24 bits per heavy atom. The largest absolute Gasteiger partial charge is 0.304 e. The van der Waals surface area contributed by atoms with E-state index >= 15 is 0 Å². The van der Waals surface area contributed by atoms with Gasteiger partial charge in [0.25, 0.3) is 0 Å². The van der Waals surface area contributed by atoms with Gasteiger partial charge in [-0.3, -0.25) is 4.79 Å². The minimum Gasteiger partial charge on any atom is -0.304 e. The van der Waals surface area contributed by atoms with Gasteiger partial charge in [0.2, 0.25) is 5.91 Å². The second kappa shape index (κ2) is 7.09. The summed E-state index contributed by atoms with van der Waals surface area (Å²) in [6.07, 6.45) is 0.499. The fourth-order valence-corrected chi connectivity index (χ4v) is 3.89. The molecule has 1 atom stereocenters. The minimum absolute atomic E-state index is 0.112. The topological polar surface area (TPSA) is 65.2 Å². The van der Waals surface area contributed by atoms with Crippen LogP contribution in [0, 0.1) is 11.3 Å². The number of amides is 1. The molecule has 25 heavy (non-hydrogen) atoms. The van der Waals surface area contributed by atoms with Crippen LogP contribution in [0.3, 0.4) is 0 Å². The summed E-state index contributed by atoms with van der Waals surface area (Å²) in [4.78, 5) is 16.9. The van der Waals surface area contributed by atoms with E-state index in [9.17, 15) is 4.79 Å². The zero-order valence-electron chi connectivity index (χ0n) is 13.2. The fourth-order valence-electron chi connectivity index (χ4n) is 2.49. The zero-order chi connectivity index (χ0) is 18.0. The monoisotopic (exact) mass is 389 g/mol. The van der Waals surface area contributed by atoms with Gasteiger partial charge in [0, 0.05) is 0 Å². The van der Waals surface area contributed by atoms with Crippen molar-refractivity contribution in [1.82, 2.24) is 5.32 Å². The quantitative estimate of drug-likeness (QED) is 0.825. The van der Waals surface area contributed by atoms with Crippen LogP contribution in [-0.2, 0) is 11.2 Å². The first kappa shape index (κ1) is 17.8. The van der Waals surface area contributed by atoms with Gasteiger partial charge in [-0.25, -0.2) is 4.99 Å². The number of halogens is 2. The van der Waals surface area contributed by atoms with E-state index in [4.69, 9.17) is 28.5 Å². The number of nitrogens with zero attached hydrogens (tertiary/aromatic N) is 2. The summed E-state index contributed by atoms with van der Waals surface area (Å²) < 4.78 is -0.691. The van der Waals surface area contributed by atoms with Gasteiger partial charge in [-0.2, -0.15) is 5.26 Å². The molecule has 0 aliphatic carbocycles. The van der Waals surface area contributed by atoms with E-state index in [0.717, 1.165) is 5.56 Å². The van der Waals surface area contributed by atoms with Crippen LogP contribution in [0.25, 0.3) is 0 Å². The fraction of sp³-hybridized carbons (Fsp3) is 0.167. The van der Waals surface area contributed by atoms with Gasteiger partial charge in [-0.05, 0) is 49.2 Å². The van der Waals surface area contributed by atoms with Crippen LogP contribution in [0.5, 0.6) is 0 Å². The van der Waals surface area contributed by atoms with Crippen LogP contribution in [0.15, 0.2) is 47.5 Å². The number of hydrogen-bond acceptors (Lipinski definition) is 4. The lowest BCUT2D eigenvalue weighted by Crippen LogP contribution is -2.35. The lowest BCUT2D eigenvalue weighted by atomic mass is 9.98. The number of amidine groups is 1. The van der Waals surface area contributed by atoms with E-state index in [1.165, 1.54) is 11.8 Å². The molecule has 0 spiro atoms. The Morgan fingerprint density at radius 3 is 2.76 bits per heavy atom. The van der Waals surface area contributed by atoms with Crippen molar-refractivity contribution < 1.29 is 4.79 Å². The molecular formula is C18H13Cl2N3OS. The molecule has 2 aromatic rings. The highest BCUT2D eigenvalue weighted by atomic mass is 35.5. The van der Waals surface area contributed by atoms with Crippen LogP contribution in [0.2, 0.25) is 10.0 Å². The van der Waals surface area contributed by atoms with Crippen LogP contribution < -0.4 is 5.32 Å². The Hall–Kier alpha value is -2.00. The number of aliphatic imine (C=N–C) groups is 1. The minimum atomic E-state index is -0.691. The normalized spacial score (nSPS) is 21.2. The van der Waals surface area contributed by atoms with Crippen molar-refractivity contribution >= 4 is 51.7 Å². The number of thioether (sulfide) groups is 1. The van der Waals surface area contributed by atoms with Crippen molar-refractivity contribution in [3.63, 3.8) is 0 Å². The van der Waals surface area contributed by atoms with E-state index in [1.807, 2.05) is 19.1 Å². The third-order valence-corrected chi connectivity index (χ3v) is 5.66. The zero-order valence-corrected chi connectivity index (χ0v) is 15.5. The molecule has 1 fully saturated rings. The summed E-state index contributed by atoms with van der Waals surface area (Å²) in [5, 5.41) is 13.2. The predicted octanol–water partition coefficient (Wildman–Crippen LogP) is 4.72. The molecule has 1 unspecified atom stereocenters. The molecule has 1 aliphatic heterocycles. The molecule has 2 aromatic carbocycles. The number of hydrogen-bond donors (Lipinski definition) is 1. The first-order chi connectivity index (χ1) is 11.9. The molecule has 1 N–H and O–H groups in total. The van der Waals surface area contributed by atoms with E-state index in [-0.39, 0.29) is 5.91 Å². The number of carbonyl (C=O) groups excluding carboxylic acids is 1. The molecular weight excluding hydrogens is 377 g/mol. The van der Waals surface area contributed by atoms with Gasteiger partial charge in [0.05, 0.1) is 27.4 Å². The third kappa shape index (κ3) is 3.98. The molecule has 4 nitrogen and oxygen atoms in total. The van der Waals surface area contributed by atoms with Crippen molar-refractivity contribution in [2.24, 2.45) is 4.99 Å². The van der Waals surface area contributed by atoms with Gasteiger partial charge in [-0.15, -0.1) is 0 Å². The summed E-state index contributed by atoms with van der Waals surface area (Å²) >= 11 is 13.3. The van der Waals surface area contributed by atoms with Gasteiger partial charge >= 0.3 is 0 Å². The molecule has 1 heterocycles. The number of benzene rings is 2. The van der Waals surface area contributed by atoms with Crippen LogP contribution in [-0.4, -0.2) is 15.8 Å². The Balaban J connectivity index is 1.82. The maximum atomic E-state index is 12.5. The average molecular weight is 390 g/mol. The highest BCUT2D eigenvalue weighted by Gasteiger charge is 2.42. The second-order valence-corrected chi connectivity index (χ2v) is 8.10. The SMILES string of the molecule is CC1(Cc2cccc(C#N)c2)SC(=Nc2ccc(Cl)c(Cl)c2)NC1=O. The highest BCUT2D eigenvalue weighted by molar-refractivity contribution is 8.16. The second-order valence-electron chi connectivity index (χ2n) is 5.79. The Morgan fingerprint density at radius 2 is 2.04 bits per heavy atom. The molecule has 1 aliphatic rings. The molecule has 3 rings (SSSR count). The van der Waals surface area contributed by atoms with Crippen LogP contribution >= 0.6 is 35.0 Å². The lowest BCUT2D eigenvalue weighted by molar-refractivity contribution is -0.121. The van der Waals surface area contributed by atoms with Gasteiger partial charge in [0.1, 0.15) is 4.75 Å². The first-order valence-electron chi connectivity index (χ1n) is 7.43.